The molecule has 3 N–H and O–H groups in total. The van der Waals surface area contributed by atoms with Gasteiger partial charge in [0.15, 0.2) is 5.65 Å². The quantitative estimate of drug-likeness (QED) is 0.550. The summed E-state index contributed by atoms with van der Waals surface area (Å²) in [6.07, 6.45) is 5.82. The van der Waals surface area contributed by atoms with E-state index in [-0.39, 0.29) is 24.3 Å². The summed E-state index contributed by atoms with van der Waals surface area (Å²) in [7, 11) is -1.45. The monoisotopic (exact) mass is 440 g/mol. The highest BCUT2D eigenvalue weighted by Crippen LogP contribution is 2.20. The summed E-state index contributed by atoms with van der Waals surface area (Å²) in [5.41, 5.74) is 0.336. The highest BCUT2D eigenvalue weighted by molar-refractivity contribution is 7.89. The van der Waals surface area contributed by atoms with Crippen molar-refractivity contribution in [3.8, 4) is 0 Å². The van der Waals surface area contributed by atoms with E-state index in [1.54, 1.807) is 0 Å². The van der Waals surface area contributed by atoms with E-state index in [0.717, 1.165) is 51.6 Å². The third-order valence-electron chi connectivity index (χ3n) is 5.82. The average Bonchev–Trinajstić information content (AvgIpc) is 3.36. The number of halogens is 1. The van der Waals surface area contributed by atoms with Gasteiger partial charge in [-0.05, 0) is 32.7 Å². The first kappa shape index (κ1) is 21.2. The molecule has 0 amide bonds. The Labute approximate surface area is 175 Å². The molecule has 2 aromatic rings. The number of nitrogens with zero attached hydrogens (tertiary/aromatic N) is 5. The third kappa shape index (κ3) is 4.98. The van der Waals surface area contributed by atoms with Crippen LogP contribution in [0.2, 0.25) is 0 Å². The number of aromatic nitrogens is 4. The first-order valence-corrected chi connectivity index (χ1v) is 12.2. The zero-order valence-corrected chi connectivity index (χ0v) is 18.0. The van der Waals surface area contributed by atoms with Crippen LogP contribution in [0.5, 0.6) is 0 Å². The van der Waals surface area contributed by atoms with E-state index in [9.17, 15) is 12.8 Å². The van der Waals surface area contributed by atoms with Crippen LogP contribution in [0.15, 0.2) is 6.07 Å². The fourth-order valence-corrected chi connectivity index (χ4v) is 5.36. The first-order chi connectivity index (χ1) is 14.4. The summed E-state index contributed by atoms with van der Waals surface area (Å²) in [5.74, 6) is 0.0211. The minimum Gasteiger partial charge on any atom is -0.353 e. The van der Waals surface area contributed by atoms with Gasteiger partial charge in [-0.2, -0.15) is 18.9 Å². The van der Waals surface area contributed by atoms with Gasteiger partial charge in [0.1, 0.15) is 0 Å². The summed E-state index contributed by atoms with van der Waals surface area (Å²) in [5, 5.41) is 10.1. The third-order valence-corrected chi connectivity index (χ3v) is 7.26. The van der Waals surface area contributed by atoms with Gasteiger partial charge in [0.25, 0.3) is 0 Å². The average molecular weight is 441 g/mol. The number of anilines is 2. The molecule has 12 heteroatoms. The van der Waals surface area contributed by atoms with Gasteiger partial charge >= 0.3 is 0 Å². The van der Waals surface area contributed by atoms with Crippen molar-refractivity contribution < 1.29 is 12.8 Å². The number of hydrogen-bond acceptors (Lipinski definition) is 8. The molecule has 2 aliphatic rings. The molecule has 0 atom stereocenters. The van der Waals surface area contributed by atoms with Crippen LogP contribution in [-0.2, 0) is 10.0 Å². The summed E-state index contributed by atoms with van der Waals surface area (Å²) < 4.78 is 42.5. The number of nitrogens with one attached hydrogen (secondary N) is 3. The molecule has 0 spiro atoms. The van der Waals surface area contributed by atoms with E-state index in [0.29, 0.717) is 17.6 Å². The zero-order chi connectivity index (χ0) is 21.1. The Kier molecular flexibility index (Phi) is 6.34. The standard InChI is InChI=1S/C18H29FN8O2S/c1-20-13-6-9-26(10-7-13)18-22-16-12-15(19)24-27(16)17(23-18)21-8-11-30(28,29)25-14-4-2-3-5-14/h12-14,20,25H,2-11H2,1H3,(H,21,22,23). The number of rotatable bonds is 8. The van der Waals surface area contributed by atoms with E-state index in [2.05, 4.69) is 35.3 Å². The van der Waals surface area contributed by atoms with E-state index in [1.165, 1.54) is 10.6 Å². The normalized spacial score (nSPS) is 19.1. The van der Waals surface area contributed by atoms with E-state index >= 15 is 0 Å². The Morgan fingerprint density at radius 3 is 2.57 bits per heavy atom. The molecule has 4 rings (SSSR count). The van der Waals surface area contributed by atoms with E-state index in [4.69, 9.17) is 0 Å². The molecule has 2 aromatic heterocycles. The highest BCUT2D eigenvalue weighted by Gasteiger charge is 2.23. The van der Waals surface area contributed by atoms with Crippen molar-refractivity contribution in [1.82, 2.24) is 29.6 Å². The van der Waals surface area contributed by atoms with Crippen molar-refractivity contribution in [1.29, 1.82) is 0 Å². The summed E-state index contributed by atoms with van der Waals surface area (Å²) in [6, 6.07) is 1.75. The molecule has 10 nitrogen and oxygen atoms in total. The molecule has 0 radical (unpaired) electrons. The minimum absolute atomic E-state index is 0.0353. The molecule has 1 aliphatic heterocycles. The van der Waals surface area contributed by atoms with Gasteiger partial charge in [-0.25, -0.2) is 13.1 Å². The van der Waals surface area contributed by atoms with Crippen molar-refractivity contribution in [3.05, 3.63) is 12.0 Å². The van der Waals surface area contributed by atoms with E-state index < -0.39 is 16.0 Å². The van der Waals surface area contributed by atoms with Gasteiger partial charge in [-0.3, -0.25) is 0 Å². The lowest BCUT2D eigenvalue weighted by molar-refractivity contribution is 0.439. The Morgan fingerprint density at radius 1 is 1.13 bits per heavy atom. The van der Waals surface area contributed by atoms with Gasteiger partial charge in [0.2, 0.25) is 27.9 Å². The van der Waals surface area contributed by atoms with Crippen molar-refractivity contribution in [2.24, 2.45) is 0 Å². The SMILES string of the molecule is CNC1CCN(c2nc(NCCS(=O)(=O)NC3CCCC3)n3nc(F)cc3n2)CC1. The number of piperidine rings is 1. The molecule has 30 heavy (non-hydrogen) atoms. The molecule has 1 saturated heterocycles. The van der Waals surface area contributed by atoms with Crippen LogP contribution in [0, 0.1) is 5.95 Å². The first-order valence-electron chi connectivity index (χ1n) is 10.5. The summed E-state index contributed by atoms with van der Waals surface area (Å²) in [4.78, 5) is 11.0. The van der Waals surface area contributed by atoms with Gasteiger partial charge in [-0.1, -0.05) is 12.8 Å². The van der Waals surface area contributed by atoms with Crippen LogP contribution in [-0.4, -0.2) is 72.5 Å². The second kappa shape index (κ2) is 8.98. The largest absolute Gasteiger partial charge is 0.353 e. The molecule has 166 valence electrons. The van der Waals surface area contributed by atoms with Crippen molar-refractivity contribution in [3.63, 3.8) is 0 Å². The molecular formula is C18H29FN8O2S. The Balaban J connectivity index is 1.45. The van der Waals surface area contributed by atoms with Gasteiger partial charge in [0, 0.05) is 37.8 Å². The Hall–Kier alpha value is -2.05. The number of fused-ring (bicyclic) bond motifs is 1. The minimum atomic E-state index is -3.40. The second-order valence-corrected chi connectivity index (χ2v) is 9.85. The topological polar surface area (TPSA) is 117 Å². The predicted molar refractivity (Wildman–Crippen MR) is 113 cm³/mol. The molecule has 0 unspecified atom stereocenters. The molecule has 3 heterocycles. The lowest BCUT2D eigenvalue weighted by atomic mass is 10.1. The fourth-order valence-electron chi connectivity index (χ4n) is 4.13. The highest BCUT2D eigenvalue weighted by atomic mass is 32.2. The number of hydrogen-bond donors (Lipinski definition) is 3. The van der Waals surface area contributed by atoms with Crippen LogP contribution in [0.3, 0.4) is 0 Å². The maximum Gasteiger partial charge on any atom is 0.235 e. The van der Waals surface area contributed by atoms with Crippen LogP contribution in [0.25, 0.3) is 5.65 Å². The van der Waals surface area contributed by atoms with Gasteiger partial charge < -0.3 is 15.5 Å². The Bertz CT molecular complexity index is 968. The molecule has 2 fully saturated rings. The van der Waals surface area contributed by atoms with Crippen LogP contribution in [0.4, 0.5) is 16.3 Å². The van der Waals surface area contributed by atoms with Crippen LogP contribution >= 0.6 is 0 Å². The maximum absolute atomic E-state index is 13.8. The smallest absolute Gasteiger partial charge is 0.235 e. The van der Waals surface area contributed by atoms with Crippen LogP contribution < -0.4 is 20.3 Å². The van der Waals surface area contributed by atoms with Crippen molar-refractivity contribution in [2.75, 3.05) is 42.7 Å². The molecule has 0 aromatic carbocycles. The van der Waals surface area contributed by atoms with Gasteiger partial charge in [0.05, 0.1) is 5.75 Å². The van der Waals surface area contributed by atoms with Crippen LogP contribution in [0.1, 0.15) is 38.5 Å². The summed E-state index contributed by atoms with van der Waals surface area (Å²) >= 11 is 0. The molecule has 1 saturated carbocycles. The molecule has 1 aliphatic carbocycles. The van der Waals surface area contributed by atoms with Crippen molar-refractivity contribution in [2.45, 2.75) is 50.6 Å². The molecular weight excluding hydrogens is 411 g/mol. The predicted octanol–water partition coefficient (Wildman–Crippen LogP) is 0.726. The number of sulfonamides is 1. The van der Waals surface area contributed by atoms with E-state index in [1.807, 2.05) is 7.05 Å². The zero-order valence-electron chi connectivity index (χ0n) is 17.1. The van der Waals surface area contributed by atoms with Gasteiger partial charge in [-0.15, -0.1) is 5.10 Å². The van der Waals surface area contributed by atoms with Crippen molar-refractivity contribution >= 4 is 27.6 Å². The summed E-state index contributed by atoms with van der Waals surface area (Å²) in [6.45, 7) is 1.71. The Morgan fingerprint density at radius 2 is 1.87 bits per heavy atom. The second-order valence-electron chi connectivity index (χ2n) is 7.98. The maximum atomic E-state index is 13.8. The molecule has 0 bridgehead atoms. The fraction of sp³-hybridized carbons (Fsp3) is 0.722. The lowest BCUT2D eigenvalue weighted by Gasteiger charge is -2.31. The lowest BCUT2D eigenvalue weighted by Crippen LogP contribution is -2.42.